The molecule has 0 bridgehead atoms. The lowest BCUT2D eigenvalue weighted by atomic mass is 9.95. The molecule has 6 nitrogen and oxygen atoms in total. The van der Waals surface area contributed by atoms with Gasteiger partial charge in [0.15, 0.2) is 28.8 Å². The number of phenols is 4. The van der Waals surface area contributed by atoms with E-state index in [4.69, 9.17) is 4.74 Å². The molecule has 0 aliphatic carbocycles. The number of benzene rings is 2. The van der Waals surface area contributed by atoms with Gasteiger partial charge in [0.1, 0.15) is 11.9 Å². The van der Waals surface area contributed by atoms with Crippen molar-refractivity contribution in [3.05, 3.63) is 41.5 Å². The Kier molecular flexibility index (Phi) is 2.86. The van der Waals surface area contributed by atoms with E-state index in [1.807, 2.05) is 0 Å². The van der Waals surface area contributed by atoms with Crippen LogP contribution in [-0.4, -0.2) is 26.2 Å². The average Bonchev–Trinajstić information content (AvgIpc) is 2.44. The third kappa shape index (κ3) is 2.20. The van der Waals surface area contributed by atoms with Gasteiger partial charge in [0.05, 0.1) is 12.0 Å². The average molecular weight is 288 g/mol. The molecule has 6 heteroatoms. The first-order valence-corrected chi connectivity index (χ1v) is 6.23. The zero-order valence-electron chi connectivity index (χ0n) is 10.8. The van der Waals surface area contributed by atoms with Gasteiger partial charge in [-0.3, -0.25) is 4.79 Å². The molecule has 4 N–H and O–H groups in total. The largest absolute Gasteiger partial charge is 0.504 e. The minimum absolute atomic E-state index is 0.0292. The summed E-state index contributed by atoms with van der Waals surface area (Å²) in [5, 5.41) is 37.7. The third-order valence-electron chi connectivity index (χ3n) is 3.39. The third-order valence-corrected chi connectivity index (χ3v) is 3.39. The number of ether oxygens (including phenoxy) is 1. The van der Waals surface area contributed by atoms with Gasteiger partial charge in [0.2, 0.25) is 0 Å². The fourth-order valence-electron chi connectivity index (χ4n) is 2.27. The van der Waals surface area contributed by atoms with Crippen molar-refractivity contribution in [1.29, 1.82) is 0 Å². The lowest BCUT2D eigenvalue weighted by Gasteiger charge is -2.26. The molecule has 1 aliphatic heterocycles. The maximum atomic E-state index is 12.1. The molecule has 21 heavy (non-hydrogen) atoms. The van der Waals surface area contributed by atoms with E-state index in [0.29, 0.717) is 5.56 Å². The number of hydrogen-bond acceptors (Lipinski definition) is 6. The van der Waals surface area contributed by atoms with E-state index in [-0.39, 0.29) is 46.5 Å². The molecule has 1 heterocycles. The van der Waals surface area contributed by atoms with E-state index in [1.54, 1.807) is 0 Å². The fourth-order valence-corrected chi connectivity index (χ4v) is 2.27. The number of hydrogen-bond donors (Lipinski definition) is 4. The molecular formula is C15H12O6. The highest BCUT2D eigenvalue weighted by Crippen LogP contribution is 2.41. The number of aromatic hydroxyl groups is 4. The Morgan fingerprint density at radius 3 is 2.29 bits per heavy atom. The number of carbonyl (C=O) groups excluding carboxylic acids is 1. The number of fused-ring (bicyclic) bond motifs is 1. The van der Waals surface area contributed by atoms with Gasteiger partial charge in [0.25, 0.3) is 0 Å². The highest BCUT2D eigenvalue weighted by molar-refractivity contribution is 6.00. The number of Topliss-reactive ketones (excluding diaryl/α,β-unsaturated/α-hetero) is 1. The number of carbonyl (C=O) groups is 1. The van der Waals surface area contributed by atoms with Crippen LogP contribution in [0.4, 0.5) is 0 Å². The van der Waals surface area contributed by atoms with Gasteiger partial charge in [-0.15, -0.1) is 0 Å². The topological polar surface area (TPSA) is 107 Å². The van der Waals surface area contributed by atoms with Crippen molar-refractivity contribution in [3.8, 4) is 28.7 Å². The monoisotopic (exact) mass is 288 g/mol. The molecule has 108 valence electrons. The first kappa shape index (κ1) is 13.1. The zero-order valence-corrected chi connectivity index (χ0v) is 10.8. The van der Waals surface area contributed by atoms with Crippen molar-refractivity contribution in [1.82, 2.24) is 0 Å². The fraction of sp³-hybridized carbons (Fsp3) is 0.133. The summed E-state index contributed by atoms with van der Waals surface area (Å²) < 4.78 is 5.63. The Hall–Kier alpha value is -2.89. The van der Waals surface area contributed by atoms with E-state index in [1.165, 1.54) is 24.3 Å². The molecule has 2 aromatic carbocycles. The molecule has 1 aliphatic rings. The summed E-state index contributed by atoms with van der Waals surface area (Å²) in [5.41, 5.74) is 0.724. The van der Waals surface area contributed by atoms with Gasteiger partial charge in [-0.25, -0.2) is 0 Å². The minimum atomic E-state index is -0.638. The molecular weight excluding hydrogens is 276 g/mol. The van der Waals surface area contributed by atoms with Crippen LogP contribution >= 0.6 is 0 Å². The van der Waals surface area contributed by atoms with Gasteiger partial charge in [-0.2, -0.15) is 0 Å². The van der Waals surface area contributed by atoms with Gasteiger partial charge >= 0.3 is 0 Å². The molecule has 0 fully saturated rings. The Labute approximate surface area is 119 Å². The van der Waals surface area contributed by atoms with Crippen LogP contribution in [0.2, 0.25) is 0 Å². The second-order valence-electron chi connectivity index (χ2n) is 4.82. The normalized spacial score (nSPS) is 17.1. The van der Waals surface area contributed by atoms with E-state index >= 15 is 0 Å². The van der Waals surface area contributed by atoms with Crippen molar-refractivity contribution in [3.63, 3.8) is 0 Å². The maximum absolute atomic E-state index is 12.1. The molecule has 0 amide bonds. The predicted molar refractivity (Wildman–Crippen MR) is 71.9 cm³/mol. The summed E-state index contributed by atoms with van der Waals surface area (Å²) >= 11 is 0. The van der Waals surface area contributed by atoms with Crippen LogP contribution in [-0.2, 0) is 0 Å². The van der Waals surface area contributed by atoms with Crippen molar-refractivity contribution >= 4 is 5.78 Å². The van der Waals surface area contributed by atoms with Crippen LogP contribution in [0.25, 0.3) is 0 Å². The van der Waals surface area contributed by atoms with Gasteiger partial charge in [0, 0.05) is 6.07 Å². The van der Waals surface area contributed by atoms with Crippen molar-refractivity contribution in [2.75, 3.05) is 0 Å². The van der Waals surface area contributed by atoms with Crippen LogP contribution in [0.1, 0.15) is 28.4 Å². The maximum Gasteiger partial charge on any atom is 0.170 e. The van der Waals surface area contributed by atoms with E-state index in [9.17, 15) is 25.2 Å². The van der Waals surface area contributed by atoms with Crippen LogP contribution in [0.15, 0.2) is 30.3 Å². The van der Waals surface area contributed by atoms with E-state index in [0.717, 1.165) is 6.07 Å². The molecule has 0 spiro atoms. The Balaban J connectivity index is 1.99. The number of phenolic OH excluding ortho intramolecular Hbond substituents is 4. The highest BCUT2D eigenvalue weighted by atomic mass is 16.5. The first-order chi connectivity index (χ1) is 9.95. The molecule has 1 unspecified atom stereocenters. The van der Waals surface area contributed by atoms with Crippen molar-refractivity contribution < 1.29 is 30.0 Å². The van der Waals surface area contributed by atoms with Crippen LogP contribution < -0.4 is 4.74 Å². The summed E-state index contributed by atoms with van der Waals surface area (Å²) in [6, 6.07) is 6.51. The molecule has 0 aromatic heterocycles. The van der Waals surface area contributed by atoms with Gasteiger partial charge in [-0.1, -0.05) is 6.07 Å². The van der Waals surface area contributed by atoms with Crippen LogP contribution in [0, 0.1) is 0 Å². The molecule has 0 radical (unpaired) electrons. The second-order valence-corrected chi connectivity index (χ2v) is 4.82. The molecule has 1 atom stereocenters. The Bertz CT molecular complexity index is 737. The lowest BCUT2D eigenvalue weighted by Crippen LogP contribution is -2.20. The summed E-state index contributed by atoms with van der Waals surface area (Å²) in [6.45, 7) is 0. The second kappa shape index (κ2) is 4.59. The van der Waals surface area contributed by atoms with E-state index < -0.39 is 6.10 Å². The number of rotatable bonds is 1. The lowest BCUT2D eigenvalue weighted by molar-refractivity contribution is 0.0848. The molecule has 3 rings (SSSR count). The van der Waals surface area contributed by atoms with Crippen molar-refractivity contribution in [2.45, 2.75) is 12.5 Å². The van der Waals surface area contributed by atoms with Crippen LogP contribution in [0.5, 0.6) is 28.7 Å². The van der Waals surface area contributed by atoms with Crippen molar-refractivity contribution in [2.24, 2.45) is 0 Å². The Morgan fingerprint density at radius 1 is 0.905 bits per heavy atom. The summed E-state index contributed by atoms with van der Waals surface area (Å²) in [6.07, 6.45) is -0.609. The summed E-state index contributed by atoms with van der Waals surface area (Å²) in [7, 11) is 0. The van der Waals surface area contributed by atoms with E-state index in [2.05, 4.69) is 0 Å². The zero-order chi connectivity index (χ0) is 15.1. The smallest absolute Gasteiger partial charge is 0.170 e. The molecule has 2 aromatic rings. The predicted octanol–water partition coefficient (Wildman–Crippen LogP) is 2.22. The summed E-state index contributed by atoms with van der Waals surface area (Å²) in [4.78, 5) is 12.1. The van der Waals surface area contributed by atoms with Crippen LogP contribution in [0.3, 0.4) is 0 Å². The number of ketones is 1. The molecule has 0 saturated heterocycles. The quantitative estimate of drug-likeness (QED) is 0.599. The van der Waals surface area contributed by atoms with Gasteiger partial charge < -0.3 is 25.2 Å². The minimum Gasteiger partial charge on any atom is -0.504 e. The van der Waals surface area contributed by atoms with Gasteiger partial charge in [-0.05, 0) is 23.8 Å². The Morgan fingerprint density at radius 2 is 1.57 bits per heavy atom. The summed E-state index contributed by atoms with van der Waals surface area (Å²) in [5.74, 6) is -1.41. The first-order valence-electron chi connectivity index (χ1n) is 6.23. The SMILES string of the molecule is O=C1CC(c2ccc(O)c(O)c2)Oc2cc(O)c(O)cc21. The molecule has 0 saturated carbocycles. The standard InChI is InChI=1S/C15H12O6/c16-9-2-1-7(3-11(9)18)14-5-10(17)8-4-12(19)13(20)6-15(8)21-14/h1-4,6,14,16,18-20H,5H2. The highest BCUT2D eigenvalue weighted by Gasteiger charge is 2.29.